The summed E-state index contributed by atoms with van der Waals surface area (Å²) >= 11 is 5.95. The highest BCUT2D eigenvalue weighted by Gasteiger charge is 2.32. The second-order valence-corrected chi connectivity index (χ2v) is 8.72. The summed E-state index contributed by atoms with van der Waals surface area (Å²) in [6.45, 7) is 7.74. The van der Waals surface area contributed by atoms with Crippen LogP contribution >= 0.6 is 11.6 Å². The molecule has 2 saturated heterocycles. The first kappa shape index (κ1) is 19.2. The number of halogens is 1. The number of rotatable bonds is 6. The fourth-order valence-corrected chi connectivity index (χ4v) is 4.40. The molecule has 0 atom stereocenters. The van der Waals surface area contributed by atoms with Gasteiger partial charge in [-0.25, -0.2) is 0 Å². The van der Waals surface area contributed by atoms with Gasteiger partial charge in [-0.2, -0.15) is 0 Å². The molecule has 1 aliphatic carbocycles. The van der Waals surface area contributed by atoms with Gasteiger partial charge in [-0.1, -0.05) is 23.7 Å². The van der Waals surface area contributed by atoms with Crippen molar-refractivity contribution in [2.45, 2.75) is 44.3 Å². The maximum Gasteiger partial charge on any atom is 0.234 e. The highest BCUT2D eigenvalue weighted by atomic mass is 35.5. The van der Waals surface area contributed by atoms with Gasteiger partial charge in [0, 0.05) is 62.9 Å². The summed E-state index contributed by atoms with van der Waals surface area (Å²) in [5.41, 5.74) is 1.29. The SMILES string of the molecule is O=C(CN1CCN(Cc2ccc(Cl)cc2)CC1)NC1CCN(C2CC2)CC1. The molecular formula is C21H31ClN4O. The molecule has 6 heteroatoms. The maximum absolute atomic E-state index is 12.4. The third-order valence-electron chi connectivity index (χ3n) is 6.11. The van der Waals surface area contributed by atoms with Gasteiger partial charge in [-0.15, -0.1) is 0 Å². The minimum absolute atomic E-state index is 0.200. The molecule has 0 radical (unpaired) electrons. The van der Waals surface area contributed by atoms with Crippen LogP contribution in [0.3, 0.4) is 0 Å². The van der Waals surface area contributed by atoms with Crippen LogP contribution in [0.2, 0.25) is 5.02 Å². The number of likely N-dealkylation sites (tertiary alicyclic amines) is 1. The zero-order valence-corrected chi connectivity index (χ0v) is 16.8. The number of nitrogens with zero attached hydrogens (tertiary/aromatic N) is 3. The van der Waals surface area contributed by atoms with Crippen molar-refractivity contribution in [3.63, 3.8) is 0 Å². The topological polar surface area (TPSA) is 38.8 Å². The minimum Gasteiger partial charge on any atom is -0.352 e. The molecule has 27 heavy (non-hydrogen) atoms. The Labute approximate surface area is 167 Å². The van der Waals surface area contributed by atoms with Gasteiger partial charge in [0.2, 0.25) is 5.91 Å². The highest BCUT2D eigenvalue weighted by molar-refractivity contribution is 6.30. The molecule has 2 heterocycles. The maximum atomic E-state index is 12.4. The molecule has 1 N–H and O–H groups in total. The van der Waals surface area contributed by atoms with Crippen molar-refractivity contribution in [1.29, 1.82) is 0 Å². The van der Waals surface area contributed by atoms with E-state index in [1.54, 1.807) is 0 Å². The summed E-state index contributed by atoms with van der Waals surface area (Å²) < 4.78 is 0. The van der Waals surface area contributed by atoms with E-state index in [1.165, 1.54) is 18.4 Å². The molecule has 0 bridgehead atoms. The lowest BCUT2D eigenvalue weighted by Crippen LogP contribution is -2.51. The molecule has 4 rings (SSSR count). The number of piperazine rings is 1. The monoisotopic (exact) mass is 390 g/mol. The summed E-state index contributed by atoms with van der Waals surface area (Å²) in [7, 11) is 0. The van der Waals surface area contributed by atoms with Crippen LogP contribution in [0, 0.1) is 0 Å². The van der Waals surface area contributed by atoms with Crippen LogP contribution in [0.1, 0.15) is 31.2 Å². The van der Waals surface area contributed by atoms with E-state index in [-0.39, 0.29) is 5.91 Å². The Morgan fingerprint density at radius 1 is 0.926 bits per heavy atom. The van der Waals surface area contributed by atoms with Crippen LogP contribution in [0.5, 0.6) is 0 Å². The second kappa shape index (κ2) is 8.91. The van der Waals surface area contributed by atoms with Gasteiger partial charge in [0.15, 0.2) is 0 Å². The summed E-state index contributed by atoms with van der Waals surface area (Å²) in [5.74, 6) is 0.200. The lowest BCUT2D eigenvalue weighted by atomic mass is 10.0. The zero-order valence-electron chi connectivity index (χ0n) is 16.1. The van der Waals surface area contributed by atoms with Crippen LogP contribution in [-0.4, -0.2) is 78.5 Å². The zero-order chi connectivity index (χ0) is 18.6. The molecule has 1 aromatic rings. The van der Waals surface area contributed by atoms with Crippen molar-refractivity contribution < 1.29 is 4.79 Å². The van der Waals surface area contributed by atoms with E-state index in [0.717, 1.165) is 69.7 Å². The Hall–Kier alpha value is -1.14. The minimum atomic E-state index is 0.200. The molecule has 5 nitrogen and oxygen atoms in total. The van der Waals surface area contributed by atoms with Gasteiger partial charge in [-0.05, 0) is 43.4 Å². The molecule has 0 unspecified atom stereocenters. The fourth-order valence-electron chi connectivity index (χ4n) is 4.28. The summed E-state index contributed by atoms with van der Waals surface area (Å²) in [4.78, 5) is 19.8. The van der Waals surface area contributed by atoms with Crippen molar-refractivity contribution in [2.24, 2.45) is 0 Å². The quantitative estimate of drug-likeness (QED) is 0.808. The Kier molecular flexibility index (Phi) is 6.33. The highest BCUT2D eigenvalue weighted by Crippen LogP contribution is 2.29. The normalized spacial score (nSPS) is 23.4. The van der Waals surface area contributed by atoms with E-state index in [0.29, 0.717) is 12.6 Å². The van der Waals surface area contributed by atoms with Crippen LogP contribution in [0.15, 0.2) is 24.3 Å². The number of nitrogens with one attached hydrogen (secondary N) is 1. The third kappa shape index (κ3) is 5.67. The van der Waals surface area contributed by atoms with Crippen molar-refractivity contribution in [3.8, 4) is 0 Å². The summed E-state index contributed by atoms with van der Waals surface area (Å²) in [6, 6.07) is 9.32. The molecule has 3 aliphatic rings. The first-order valence-corrected chi connectivity index (χ1v) is 10.8. The van der Waals surface area contributed by atoms with Gasteiger partial charge < -0.3 is 10.2 Å². The number of hydrogen-bond acceptors (Lipinski definition) is 4. The van der Waals surface area contributed by atoms with E-state index < -0.39 is 0 Å². The molecule has 3 fully saturated rings. The van der Waals surface area contributed by atoms with Crippen LogP contribution in [0.4, 0.5) is 0 Å². The molecule has 1 aromatic carbocycles. The second-order valence-electron chi connectivity index (χ2n) is 8.29. The smallest absolute Gasteiger partial charge is 0.234 e. The Morgan fingerprint density at radius 2 is 1.56 bits per heavy atom. The molecule has 148 valence electrons. The van der Waals surface area contributed by atoms with Crippen molar-refractivity contribution >= 4 is 17.5 Å². The van der Waals surface area contributed by atoms with Gasteiger partial charge in [0.25, 0.3) is 0 Å². The van der Waals surface area contributed by atoms with Crippen LogP contribution in [0.25, 0.3) is 0 Å². The first-order valence-electron chi connectivity index (χ1n) is 10.4. The number of piperidine rings is 1. The third-order valence-corrected chi connectivity index (χ3v) is 6.36. The Bertz CT molecular complexity index is 618. The van der Waals surface area contributed by atoms with Crippen molar-refractivity contribution in [2.75, 3.05) is 45.8 Å². The van der Waals surface area contributed by atoms with Crippen molar-refractivity contribution in [3.05, 3.63) is 34.9 Å². The number of hydrogen-bond donors (Lipinski definition) is 1. The number of amides is 1. The van der Waals surface area contributed by atoms with E-state index >= 15 is 0 Å². The van der Waals surface area contributed by atoms with Gasteiger partial charge in [-0.3, -0.25) is 14.6 Å². The van der Waals surface area contributed by atoms with Gasteiger partial charge in [0.1, 0.15) is 0 Å². The number of benzene rings is 1. The summed E-state index contributed by atoms with van der Waals surface area (Å²) in [6.07, 6.45) is 4.97. The molecular weight excluding hydrogens is 360 g/mol. The van der Waals surface area contributed by atoms with Gasteiger partial charge in [0.05, 0.1) is 6.54 Å². The predicted octanol–water partition coefficient (Wildman–Crippen LogP) is 2.20. The lowest BCUT2D eigenvalue weighted by Gasteiger charge is -2.35. The fraction of sp³-hybridized carbons (Fsp3) is 0.667. The molecule has 1 amide bonds. The summed E-state index contributed by atoms with van der Waals surface area (Å²) in [5, 5.41) is 4.05. The van der Waals surface area contributed by atoms with E-state index in [1.807, 2.05) is 12.1 Å². The number of carbonyl (C=O) groups excluding carboxylic acids is 1. The Morgan fingerprint density at radius 3 is 2.19 bits per heavy atom. The van der Waals surface area contributed by atoms with E-state index in [2.05, 4.69) is 32.1 Å². The van der Waals surface area contributed by atoms with Crippen LogP contribution < -0.4 is 5.32 Å². The lowest BCUT2D eigenvalue weighted by molar-refractivity contribution is -0.123. The van der Waals surface area contributed by atoms with Gasteiger partial charge >= 0.3 is 0 Å². The molecule has 0 aromatic heterocycles. The van der Waals surface area contributed by atoms with E-state index in [9.17, 15) is 4.79 Å². The average molecular weight is 391 g/mol. The average Bonchev–Trinajstić information content (AvgIpc) is 3.51. The standard InChI is InChI=1S/C21H31ClN4O/c22-18-3-1-17(2-4-18)15-24-11-13-25(14-12-24)16-21(27)23-19-7-9-26(10-8-19)20-5-6-20/h1-4,19-20H,5-16H2,(H,23,27). The van der Waals surface area contributed by atoms with Crippen molar-refractivity contribution in [1.82, 2.24) is 20.0 Å². The predicted molar refractivity (Wildman–Crippen MR) is 109 cm³/mol. The Balaban J connectivity index is 1.13. The first-order chi connectivity index (χ1) is 13.2. The molecule has 1 saturated carbocycles. The largest absolute Gasteiger partial charge is 0.352 e. The molecule has 0 spiro atoms. The molecule has 2 aliphatic heterocycles. The van der Waals surface area contributed by atoms with Crippen LogP contribution in [-0.2, 0) is 11.3 Å². The van der Waals surface area contributed by atoms with E-state index in [4.69, 9.17) is 11.6 Å². The number of carbonyl (C=O) groups is 1.